The zero-order chi connectivity index (χ0) is 21.6. The van der Waals surface area contributed by atoms with Crippen molar-refractivity contribution in [1.82, 2.24) is 0 Å². The van der Waals surface area contributed by atoms with Gasteiger partial charge in [-0.05, 0) is 124 Å². The lowest BCUT2D eigenvalue weighted by Gasteiger charge is -2.38. The largest absolute Gasteiger partial charge is 0.204 e. The van der Waals surface area contributed by atoms with Crippen molar-refractivity contribution in [3.8, 4) is 0 Å². The summed E-state index contributed by atoms with van der Waals surface area (Å²) >= 11 is 0. The molecule has 3 fully saturated rings. The van der Waals surface area contributed by atoms with E-state index in [1.54, 1.807) is 6.07 Å². The van der Waals surface area contributed by atoms with Crippen LogP contribution in [0.15, 0.2) is 30.4 Å². The van der Waals surface area contributed by atoms with Crippen LogP contribution in [0.4, 0.5) is 8.78 Å². The molecular weight excluding hydrogens is 386 g/mol. The Hall–Kier alpha value is -1.18. The van der Waals surface area contributed by atoms with Crippen LogP contribution < -0.4 is 0 Å². The molecule has 0 nitrogen and oxygen atoms in total. The summed E-state index contributed by atoms with van der Waals surface area (Å²) in [7, 11) is 0. The summed E-state index contributed by atoms with van der Waals surface area (Å²) in [5.41, 5.74) is 0.996. The molecule has 0 bridgehead atoms. The van der Waals surface area contributed by atoms with Gasteiger partial charge in [-0.2, -0.15) is 0 Å². The van der Waals surface area contributed by atoms with E-state index in [9.17, 15) is 8.78 Å². The minimum absolute atomic E-state index is 0.421. The zero-order valence-electron chi connectivity index (χ0n) is 19.5. The molecule has 0 aliphatic heterocycles. The molecule has 31 heavy (non-hydrogen) atoms. The molecule has 0 aromatic heterocycles. The predicted molar refractivity (Wildman–Crippen MR) is 126 cm³/mol. The first-order chi connectivity index (χ1) is 15.1. The fraction of sp³-hybridized carbons (Fsp3) is 0.724. The zero-order valence-corrected chi connectivity index (χ0v) is 19.5. The Bertz CT molecular complexity index is 699. The lowest BCUT2D eigenvalue weighted by molar-refractivity contribution is 0.147. The van der Waals surface area contributed by atoms with Crippen molar-refractivity contribution in [2.75, 3.05) is 0 Å². The number of hydrogen-bond acceptors (Lipinski definition) is 0. The summed E-state index contributed by atoms with van der Waals surface area (Å²) in [4.78, 5) is 0. The molecule has 0 saturated heterocycles. The summed E-state index contributed by atoms with van der Waals surface area (Å²) in [5, 5.41) is 0. The Balaban J connectivity index is 1.13. The predicted octanol–water partition coefficient (Wildman–Crippen LogP) is 9.21. The van der Waals surface area contributed by atoms with E-state index in [4.69, 9.17) is 0 Å². The number of halogens is 2. The van der Waals surface area contributed by atoms with Gasteiger partial charge in [0, 0.05) is 0 Å². The first kappa shape index (κ1) is 23.0. The van der Waals surface area contributed by atoms with Crippen LogP contribution >= 0.6 is 0 Å². The quantitative estimate of drug-likeness (QED) is 0.396. The summed E-state index contributed by atoms with van der Waals surface area (Å²) in [5.74, 6) is 3.68. The maximum absolute atomic E-state index is 13.6. The van der Waals surface area contributed by atoms with Gasteiger partial charge in [0.25, 0.3) is 0 Å². The molecule has 1 aromatic carbocycles. The van der Waals surface area contributed by atoms with E-state index < -0.39 is 11.6 Å². The monoisotopic (exact) mass is 428 g/mol. The molecule has 0 amide bonds. The van der Waals surface area contributed by atoms with Crippen LogP contribution in [-0.4, -0.2) is 0 Å². The normalized spacial score (nSPS) is 34.8. The number of benzene rings is 1. The van der Waals surface area contributed by atoms with Gasteiger partial charge >= 0.3 is 0 Å². The van der Waals surface area contributed by atoms with Gasteiger partial charge < -0.3 is 0 Å². The lowest BCUT2D eigenvalue weighted by atomic mass is 9.68. The van der Waals surface area contributed by atoms with Crippen LogP contribution in [0.2, 0.25) is 0 Å². The molecule has 0 N–H and O–H groups in total. The van der Waals surface area contributed by atoms with Gasteiger partial charge in [-0.3, -0.25) is 0 Å². The molecule has 3 aliphatic carbocycles. The molecule has 0 heterocycles. The molecule has 0 spiro atoms. The molecule has 3 saturated carbocycles. The third kappa shape index (κ3) is 6.20. The Morgan fingerprint density at radius 3 is 1.81 bits per heavy atom. The molecule has 172 valence electrons. The molecule has 0 unspecified atom stereocenters. The second kappa shape index (κ2) is 11.1. The summed E-state index contributed by atoms with van der Waals surface area (Å²) < 4.78 is 26.8. The Morgan fingerprint density at radius 2 is 1.26 bits per heavy atom. The van der Waals surface area contributed by atoms with E-state index in [2.05, 4.69) is 19.1 Å². The van der Waals surface area contributed by atoms with E-state index >= 15 is 0 Å². The van der Waals surface area contributed by atoms with Crippen LogP contribution in [0.3, 0.4) is 0 Å². The topological polar surface area (TPSA) is 0 Å². The third-order valence-corrected chi connectivity index (χ3v) is 9.08. The molecule has 2 heteroatoms. The first-order valence-corrected chi connectivity index (χ1v) is 13.2. The highest BCUT2D eigenvalue weighted by Gasteiger charge is 2.31. The molecule has 1 aromatic rings. The van der Waals surface area contributed by atoms with Crippen LogP contribution in [-0.2, 0) is 0 Å². The van der Waals surface area contributed by atoms with Gasteiger partial charge in [0.1, 0.15) is 0 Å². The highest BCUT2D eigenvalue weighted by molar-refractivity contribution is 5.22. The van der Waals surface area contributed by atoms with Crippen molar-refractivity contribution in [1.29, 1.82) is 0 Å². The van der Waals surface area contributed by atoms with Crippen LogP contribution in [0.5, 0.6) is 0 Å². The highest BCUT2D eigenvalue weighted by atomic mass is 19.2. The molecule has 4 rings (SSSR count). The number of rotatable bonds is 6. The van der Waals surface area contributed by atoms with Crippen LogP contribution in [0.1, 0.15) is 108 Å². The third-order valence-electron chi connectivity index (χ3n) is 9.08. The smallest absolute Gasteiger partial charge is 0.159 e. The fourth-order valence-corrected chi connectivity index (χ4v) is 7.05. The van der Waals surface area contributed by atoms with Crippen molar-refractivity contribution in [3.63, 3.8) is 0 Å². The van der Waals surface area contributed by atoms with Crippen molar-refractivity contribution >= 4 is 0 Å². The molecule has 0 atom stereocenters. The van der Waals surface area contributed by atoms with Gasteiger partial charge in [-0.15, -0.1) is 0 Å². The van der Waals surface area contributed by atoms with Crippen LogP contribution in [0.25, 0.3) is 0 Å². The minimum atomic E-state index is -0.728. The Morgan fingerprint density at radius 1 is 0.710 bits per heavy atom. The maximum Gasteiger partial charge on any atom is 0.159 e. The molecule has 3 aliphatic rings. The second-order valence-electron chi connectivity index (χ2n) is 10.9. The van der Waals surface area contributed by atoms with Gasteiger partial charge in [0.2, 0.25) is 0 Å². The van der Waals surface area contributed by atoms with Gasteiger partial charge in [0.05, 0.1) is 0 Å². The van der Waals surface area contributed by atoms with Gasteiger partial charge in [-0.1, -0.05) is 43.9 Å². The minimum Gasteiger partial charge on any atom is -0.204 e. The standard InChI is InChI=1S/C29H42F2/c1-2-3-21-6-12-24(13-7-21)25-14-8-22(9-15-25)4-5-23-10-16-26(17-11-23)27-18-19-28(30)29(31)20-27/h2-3,18-26H,4-17H2,1H3. The van der Waals surface area contributed by atoms with E-state index in [0.29, 0.717) is 5.92 Å². The van der Waals surface area contributed by atoms with E-state index in [-0.39, 0.29) is 0 Å². The van der Waals surface area contributed by atoms with Gasteiger partial charge in [0.15, 0.2) is 11.6 Å². The summed E-state index contributed by atoms with van der Waals surface area (Å²) in [6.07, 6.45) is 23.9. The Labute approximate surface area is 188 Å². The van der Waals surface area contributed by atoms with E-state index in [1.807, 2.05) is 0 Å². The average Bonchev–Trinajstić information content (AvgIpc) is 2.81. The van der Waals surface area contributed by atoms with Crippen molar-refractivity contribution in [3.05, 3.63) is 47.5 Å². The summed E-state index contributed by atoms with van der Waals surface area (Å²) in [6, 6.07) is 4.50. The number of allylic oxidation sites excluding steroid dienone is 2. The average molecular weight is 429 g/mol. The van der Waals surface area contributed by atoms with Crippen molar-refractivity contribution in [2.24, 2.45) is 29.6 Å². The SMILES string of the molecule is CC=CC1CCC(C2CCC(CCC3CCC(c4ccc(F)c(F)c4)CC3)CC2)CC1. The summed E-state index contributed by atoms with van der Waals surface area (Å²) in [6.45, 7) is 2.16. The van der Waals surface area contributed by atoms with E-state index in [0.717, 1.165) is 48.0 Å². The first-order valence-electron chi connectivity index (χ1n) is 13.2. The highest BCUT2D eigenvalue weighted by Crippen LogP contribution is 2.44. The second-order valence-corrected chi connectivity index (χ2v) is 10.9. The number of hydrogen-bond donors (Lipinski definition) is 0. The van der Waals surface area contributed by atoms with E-state index in [1.165, 1.54) is 89.2 Å². The van der Waals surface area contributed by atoms with Crippen molar-refractivity contribution < 1.29 is 8.78 Å². The van der Waals surface area contributed by atoms with Crippen molar-refractivity contribution in [2.45, 2.75) is 103 Å². The van der Waals surface area contributed by atoms with Crippen LogP contribution in [0, 0.1) is 41.2 Å². The molecular formula is C29H42F2. The Kier molecular flexibility index (Phi) is 8.24. The van der Waals surface area contributed by atoms with Gasteiger partial charge in [-0.25, -0.2) is 8.78 Å². The lowest BCUT2D eigenvalue weighted by Crippen LogP contribution is -2.25. The fourth-order valence-electron chi connectivity index (χ4n) is 7.05. The molecule has 0 radical (unpaired) electrons. The maximum atomic E-state index is 13.6.